The fourth-order valence-corrected chi connectivity index (χ4v) is 2.59. The lowest BCUT2D eigenvalue weighted by Gasteiger charge is -2.38. The first-order chi connectivity index (χ1) is 8.62. The first kappa shape index (κ1) is 12.8. The molecule has 0 radical (unpaired) electrons. The molecule has 3 heteroatoms. The summed E-state index contributed by atoms with van der Waals surface area (Å²) < 4.78 is 0. The molecule has 1 atom stereocenters. The highest BCUT2D eigenvalue weighted by molar-refractivity contribution is 5.98. The molecular weight excluding hydrogens is 226 g/mol. The SMILES string of the molecule is C=CCC(C)(CCO)N1Cc2ccccc2C1=O. The normalized spacial score (nSPS) is 17.4. The van der Waals surface area contributed by atoms with E-state index >= 15 is 0 Å². The van der Waals surface area contributed by atoms with Crippen LogP contribution in [0.4, 0.5) is 0 Å². The van der Waals surface area contributed by atoms with Crippen LogP contribution in [0.25, 0.3) is 0 Å². The second kappa shape index (κ2) is 4.94. The van der Waals surface area contributed by atoms with Crippen molar-refractivity contribution in [3.63, 3.8) is 0 Å². The van der Waals surface area contributed by atoms with Gasteiger partial charge in [0, 0.05) is 24.3 Å². The smallest absolute Gasteiger partial charge is 0.254 e. The van der Waals surface area contributed by atoms with Crippen molar-refractivity contribution in [3.8, 4) is 0 Å². The van der Waals surface area contributed by atoms with Gasteiger partial charge < -0.3 is 10.0 Å². The van der Waals surface area contributed by atoms with E-state index in [-0.39, 0.29) is 18.1 Å². The van der Waals surface area contributed by atoms with E-state index in [9.17, 15) is 9.90 Å². The molecule has 1 aliphatic rings. The van der Waals surface area contributed by atoms with Crippen molar-refractivity contribution in [2.45, 2.75) is 31.8 Å². The Morgan fingerprint density at radius 1 is 1.50 bits per heavy atom. The molecule has 1 aromatic carbocycles. The van der Waals surface area contributed by atoms with E-state index in [0.29, 0.717) is 19.4 Å². The summed E-state index contributed by atoms with van der Waals surface area (Å²) in [6.45, 7) is 6.46. The average Bonchev–Trinajstić information content (AvgIpc) is 2.69. The van der Waals surface area contributed by atoms with E-state index in [2.05, 4.69) is 6.58 Å². The summed E-state index contributed by atoms with van der Waals surface area (Å²) in [5.74, 6) is 0.0587. The number of amides is 1. The van der Waals surface area contributed by atoms with Crippen LogP contribution >= 0.6 is 0 Å². The summed E-state index contributed by atoms with van der Waals surface area (Å²) in [6, 6.07) is 7.69. The predicted octanol–water partition coefficient (Wildman–Crippen LogP) is 2.36. The van der Waals surface area contributed by atoms with Gasteiger partial charge in [0.15, 0.2) is 0 Å². The molecule has 0 bridgehead atoms. The highest BCUT2D eigenvalue weighted by Gasteiger charge is 2.39. The van der Waals surface area contributed by atoms with Gasteiger partial charge in [0.1, 0.15) is 0 Å². The third kappa shape index (κ3) is 2.06. The van der Waals surface area contributed by atoms with Gasteiger partial charge in [-0.1, -0.05) is 24.3 Å². The first-order valence-electron chi connectivity index (χ1n) is 6.24. The van der Waals surface area contributed by atoms with Crippen molar-refractivity contribution in [3.05, 3.63) is 48.0 Å². The largest absolute Gasteiger partial charge is 0.396 e. The fraction of sp³-hybridized carbons (Fsp3) is 0.400. The molecule has 1 aromatic rings. The van der Waals surface area contributed by atoms with Crippen molar-refractivity contribution in [1.82, 2.24) is 4.90 Å². The fourth-order valence-electron chi connectivity index (χ4n) is 2.59. The quantitative estimate of drug-likeness (QED) is 0.809. The maximum atomic E-state index is 12.4. The lowest BCUT2D eigenvalue weighted by atomic mass is 9.92. The molecule has 1 N–H and O–H groups in total. The zero-order chi connectivity index (χ0) is 13.2. The zero-order valence-electron chi connectivity index (χ0n) is 10.7. The summed E-state index contributed by atoms with van der Waals surface area (Å²) in [5.41, 5.74) is 1.49. The van der Waals surface area contributed by atoms with Gasteiger partial charge in [-0.15, -0.1) is 6.58 Å². The lowest BCUT2D eigenvalue weighted by molar-refractivity contribution is 0.0467. The summed E-state index contributed by atoms with van der Waals surface area (Å²) in [7, 11) is 0. The van der Waals surface area contributed by atoms with Crippen LogP contribution in [0.1, 0.15) is 35.7 Å². The van der Waals surface area contributed by atoms with Crippen LogP contribution in [0, 0.1) is 0 Å². The number of hydrogen-bond donors (Lipinski definition) is 1. The Kier molecular flexibility index (Phi) is 3.53. The van der Waals surface area contributed by atoms with E-state index in [4.69, 9.17) is 0 Å². The van der Waals surface area contributed by atoms with Gasteiger partial charge in [-0.05, 0) is 31.4 Å². The lowest BCUT2D eigenvalue weighted by Crippen LogP contribution is -2.46. The summed E-state index contributed by atoms with van der Waals surface area (Å²) in [5, 5.41) is 9.22. The van der Waals surface area contributed by atoms with Crippen LogP contribution in [0.3, 0.4) is 0 Å². The van der Waals surface area contributed by atoms with Crippen LogP contribution in [-0.2, 0) is 6.54 Å². The first-order valence-corrected chi connectivity index (χ1v) is 6.24. The Balaban J connectivity index is 2.31. The van der Waals surface area contributed by atoms with E-state index in [1.807, 2.05) is 42.2 Å². The second-order valence-corrected chi connectivity index (χ2v) is 5.01. The number of hydrogen-bond acceptors (Lipinski definition) is 2. The Morgan fingerprint density at radius 3 is 2.83 bits per heavy atom. The number of fused-ring (bicyclic) bond motifs is 1. The van der Waals surface area contributed by atoms with Crippen LogP contribution in [0.15, 0.2) is 36.9 Å². The van der Waals surface area contributed by atoms with Crippen molar-refractivity contribution < 1.29 is 9.90 Å². The van der Waals surface area contributed by atoms with Gasteiger partial charge in [0.2, 0.25) is 0 Å². The Morgan fingerprint density at radius 2 is 2.22 bits per heavy atom. The van der Waals surface area contributed by atoms with Gasteiger partial charge in [0.25, 0.3) is 5.91 Å². The number of rotatable bonds is 5. The average molecular weight is 245 g/mol. The van der Waals surface area contributed by atoms with Crippen LogP contribution in [0.5, 0.6) is 0 Å². The molecule has 1 amide bonds. The molecular formula is C15H19NO2. The van der Waals surface area contributed by atoms with Gasteiger partial charge in [-0.3, -0.25) is 4.79 Å². The number of benzene rings is 1. The molecule has 1 aliphatic heterocycles. The van der Waals surface area contributed by atoms with Crippen molar-refractivity contribution in [2.24, 2.45) is 0 Å². The minimum atomic E-state index is -0.355. The van der Waals surface area contributed by atoms with E-state index in [0.717, 1.165) is 11.1 Å². The molecule has 1 unspecified atom stereocenters. The number of carbonyl (C=O) groups is 1. The molecule has 0 fully saturated rings. The molecule has 0 saturated heterocycles. The van der Waals surface area contributed by atoms with E-state index in [1.165, 1.54) is 0 Å². The minimum absolute atomic E-state index is 0.0587. The van der Waals surface area contributed by atoms with Gasteiger partial charge in [0.05, 0.1) is 0 Å². The van der Waals surface area contributed by atoms with Crippen molar-refractivity contribution in [2.75, 3.05) is 6.61 Å². The van der Waals surface area contributed by atoms with Crippen LogP contribution in [-0.4, -0.2) is 28.1 Å². The summed E-state index contributed by atoms with van der Waals surface area (Å²) in [6.07, 6.45) is 3.07. The number of aliphatic hydroxyl groups is 1. The molecule has 96 valence electrons. The maximum Gasteiger partial charge on any atom is 0.254 e. The molecule has 0 saturated carbocycles. The van der Waals surface area contributed by atoms with E-state index in [1.54, 1.807) is 0 Å². The standard InChI is InChI=1S/C15H19NO2/c1-3-8-15(2,9-10-17)16-11-12-6-4-5-7-13(12)14(16)18/h3-7,17H,1,8-11H2,2H3. The Bertz CT molecular complexity index is 469. The third-order valence-corrected chi connectivity index (χ3v) is 3.71. The topological polar surface area (TPSA) is 40.5 Å². The Labute approximate surface area is 108 Å². The zero-order valence-corrected chi connectivity index (χ0v) is 10.7. The van der Waals surface area contributed by atoms with Gasteiger partial charge >= 0.3 is 0 Å². The molecule has 18 heavy (non-hydrogen) atoms. The molecule has 0 spiro atoms. The summed E-state index contributed by atoms with van der Waals surface area (Å²) >= 11 is 0. The van der Waals surface area contributed by atoms with Crippen molar-refractivity contribution in [1.29, 1.82) is 0 Å². The third-order valence-electron chi connectivity index (χ3n) is 3.71. The molecule has 0 aliphatic carbocycles. The second-order valence-electron chi connectivity index (χ2n) is 5.01. The summed E-state index contributed by atoms with van der Waals surface area (Å²) in [4.78, 5) is 14.3. The van der Waals surface area contributed by atoms with Crippen LogP contribution in [0.2, 0.25) is 0 Å². The molecule has 2 rings (SSSR count). The highest BCUT2D eigenvalue weighted by atomic mass is 16.3. The maximum absolute atomic E-state index is 12.4. The monoisotopic (exact) mass is 245 g/mol. The number of nitrogens with zero attached hydrogens (tertiary/aromatic N) is 1. The van der Waals surface area contributed by atoms with Crippen LogP contribution < -0.4 is 0 Å². The highest BCUT2D eigenvalue weighted by Crippen LogP contribution is 2.33. The van der Waals surface area contributed by atoms with Crippen molar-refractivity contribution >= 4 is 5.91 Å². The predicted molar refractivity (Wildman–Crippen MR) is 71.2 cm³/mol. The van der Waals surface area contributed by atoms with Gasteiger partial charge in [-0.25, -0.2) is 0 Å². The van der Waals surface area contributed by atoms with E-state index < -0.39 is 0 Å². The molecule has 3 nitrogen and oxygen atoms in total. The number of aliphatic hydroxyl groups excluding tert-OH is 1. The Hall–Kier alpha value is -1.61. The van der Waals surface area contributed by atoms with Gasteiger partial charge in [-0.2, -0.15) is 0 Å². The number of carbonyl (C=O) groups excluding carboxylic acids is 1. The molecule has 0 aromatic heterocycles. The molecule has 1 heterocycles. The minimum Gasteiger partial charge on any atom is -0.396 e.